The number of carbonyl (C=O) groups is 1. The molecule has 0 saturated carbocycles. The van der Waals surface area contributed by atoms with E-state index in [0.717, 1.165) is 38.7 Å². The topological polar surface area (TPSA) is 69.2 Å². The molecule has 7 nitrogen and oxygen atoms in total. The third kappa shape index (κ3) is 5.82. The number of nitrogens with zero attached hydrogens (tertiary/aromatic N) is 3. The first-order valence-electron chi connectivity index (χ1n) is 10.0. The van der Waals surface area contributed by atoms with Gasteiger partial charge in [0.05, 0.1) is 24.2 Å². The summed E-state index contributed by atoms with van der Waals surface area (Å²) in [6, 6.07) is 10.9. The molecule has 2 aliphatic rings. The van der Waals surface area contributed by atoms with Crippen LogP contribution in [0.3, 0.4) is 0 Å². The third-order valence-corrected chi connectivity index (χ3v) is 5.69. The Bertz CT molecular complexity index is 698. The molecular weight excluding hydrogens is 481 g/mol. The molecule has 2 fully saturated rings. The summed E-state index contributed by atoms with van der Waals surface area (Å²) in [5.41, 5.74) is 0.823. The van der Waals surface area contributed by atoms with Gasteiger partial charge in [-0.2, -0.15) is 0 Å². The highest BCUT2D eigenvalue weighted by Crippen LogP contribution is 2.25. The molecule has 0 spiro atoms. The van der Waals surface area contributed by atoms with E-state index in [0.29, 0.717) is 12.6 Å². The second-order valence-corrected chi connectivity index (χ2v) is 8.20. The molecule has 0 bridgehead atoms. The number of amides is 1. The number of carbonyl (C=O) groups excluding carboxylic acids is 1. The van der Waals surface area contributed by atoms with Gasteiger partial charge in [0, 0.05) is 46.8 Å². The minimum atomic E-state index is -0.507. The van der Waals surface area contributed by atoms with Crippen LogP contribution < -0.4 is 10.6 Å². The maximum Gasteiger partial charge on any atom is 0.227 e. The standard InChI is InChI=1S/C21H33N5O2.HI/c1-21(2,19(27)22-3)15-24-20(23-4)26-13-17-18(14-26)28-11-10-25(17)12-16-8-6-5-7-9-16;/h5-9,17-18H,10-15H2,1-4H3,(H,22,27)(H,23,24);1H. The molecule has 1 aromatic rings. The second-order valence-electron chi connectivity index (χ2n) is 8.20. The number of nitrogens with one attached hydrogen (secondary N) is 2. The number of likely N-dealkylation sites (tertiary alicyclic amines) is 1. The van der Waals surface area contributed by atoms with E-state index < -0.39 is 5.41 Å². The molecule has 0 aromatic heterocycles. The Morgan fingerprint density at radius 1 is 1.28 bits per heavy atom. The van der Waals surface area contributed by atoms with Gasteiger partial charge >= 0.3 is 0 Å². The molecule has 2 heterocycles. The van der Waals surface area contributed by atoms with Crippen molar-refractivity contribution in [3.8, 4) is 0 Å². The fraction of sp³-hybridized carbons (Fsp3) is 0.619. The number of ether oxygens (including phenoxy) is 1. The number of benzene rings is 1. The van der Waals surface area contributed by atoms with E-state index in [2.05, 4.69) is 55.8 Å². The average molecular weight is 515 g/mol. The predicted molar refractivity (Wildman–Crippen MR) is 127 cm³/mol. The van der Waals surface area contributed by atoms with Gasteiger partial charge in [-0.3, -0.25) is 14.7 Å². The van der Waals surface area contributed by atoms with Gasteiger partial charge in [0.1, 0.15) is 0 Å². The summed E-state index contributed by atoms with van der Waals surface area (Å²) in [4.78, 5) is 21.3. The average Bonchev–Trinajstić information content (AvgIpc) is 3.13. The quantitative estimate of drug-likeness (QED) is 0.354. The van der Waals surface area contributed by atoms with E-state index >= 15 is 0 Å². The monoisotopic (exact) mass is 515 g/mol. The van der Waals surface area contributed by atoms with Gasteiger partial charge < -0.3 is 20.3 Å². The lowest BCUT2D eigenvalue weighted by Gasteiger charge is -2.36. The number of hydrogen-bond donors (Lipinski definition) is 2. The van der Waals surface area contributed by atoms with E-state index in [9.17, 15) is 4.79 Å². The van der Waals surface area contributed by atoms with E-state index in [4.69, 9.17) is 4.74 Å². The minimum Gasteiger partial charge on any atom is -0.373 e. The van der Waals surface area contributed by atoms with Gasteiger partial charge in [-0.25, -0.2) is 0 Å². The Kier molecular flexibility index (Phi) is 8.72. The number of halogens is 1. The maximum atomic E-state index is 12.0. The number of morpholine rings is 1. The molecule has 0 radical (unpaired) electrons. The second kappa shape index (κ2) is 10.6. The zero-order chi connectivity index (χ0) is 20.1. The number of rotatable bonds is 5. The number of guanidine groups is 1. The third-order valence-electron chi connectivity index (χ3n) is 5.69. The fourth-order valence-corrected chi connectivity index (χ4v) is 4.00. The van der Waals surface area contributed by atoms with Crippen molar-refractivity contribution in [2.24, 2.45) is 10.4 Å². The molecule has 0 aliphatic carbocycles. The van der Waals surface area contributed by atoms with Crippen LogP contribution in [0.5, 0.6) is 0 Å². The summed E-state index contributed by atoms with van der Waals surface area (Å²) < 4.78 is 6.07. The molecule has 3 rings (SSSR count). The first kappa shape index (κ1) is 23.9. The van der Waals surface area contributed by atoms with E-state index in [1.54, 1.807) is 14.1 Å². The predicted octanol–water partition coefficient (Wildman–Crippen LogP) is 1.54. The Morgan fingerprint density at radius 3 is 2.66 bits per heavy atom. The smallest absolute Gasteiger partial charge is 0.227 e. The van der Waals surface area contributed by atoms with Crippen LogP contribution in [0.4, 0.5) is 0 Å². The van der Waals surface area contributed by atoms with Gasteiger partial charge in [0.25, 0.3) is 0 Å². The molecular formula is C21H34IN5O2. The molecule has 2 saturated heterocycles. The highest BCUT2D eigenvalue weighted by molar-refractivity contribution is 14.0. The summed E-state index contributed by atoms with van der Waals surface area (Å²) in [6.45, 7) is 8.72. The molecule has 1 amide bonds. The van der Waals surface area contributed by atoms with Gasteiger partial charge in [0.15, 0.2) is 5.96 Å². The molecule has 1 aromatic carbocycles. The minimum absolute atomic E-state index is 0. The van der Waals surface area contributed by atoms with Crippen LogP contribution in [0.25, 0.3) is 0 Å². The molecule has 162 valence electrons. The van der Waals surface area contributed by atoms with Crippen molar-refractivity contribution in [3.63, 3.8) is 0 Å². The number of aliphatic imine (C=N–C) groups is 1. The number of hydrogen-bond acceptors (Lipinski definition) is 4. The Hall–Kier alpha value is -1.39. The first-order chi connectivity index (χ1) is 13.4. The molecule has 2 unspecified atom stereocenters. The highest BCUT2D eigenvalue weighted by atomic mass is 127. The fourth-order valence-electron chi connectivity index (χ4n) is 4.00. The van der Waals surface area contributed by atoms with Crippen molar-refractivity contribution in [1.29, 1.82) is 0 Å². The Morgan fingerprint density at radius 2 is 2.00 bits per heavy atom. The van der Waals surface area contributed by atoms with Crippen LogP contribution in [0.15, 0.2) is 35.3 Å². The zero-order valence-corrected chi connectivity index (χ0v) is 20.2. The van der Waals surface area contributed by atoms with Gasteiger partial charge in [-0.15, -0.1) is 24.0 Å². The van der Waals surface area contributed by atoms with E-state index in [-0.39, 0.29) is 36.0 Å². The van der Waals surface area contributed by atoms with Crippen LogP contribution in [-0.4, -0.2) is 80.7 Å². The summed E-state index contributed by atoms with van der Waals surface area (Å²) in [5.74, 6) is 0.845. The number of fused-ring (bicyclic) bond motifs is 1. The van der Waals surface area contributed by atoms with E-state index in [1.807, 2.05) is 13.8 Å². The lowest BCUT2D eigenvalue weighted by atomic mass is 9.92. The van der Waals surface area contributed by atoms with Crippen LogP contribution >= 0.6 is 24.0 Å². The largest absolute Gasteiger partial charge is 0.373 e. The summed E-state index contributed by atoms with van der Waals surface area (Å²) in [5, 5.41) is 6.11. The highest BCUT2D eigenvalue weighted by Gasteiger charge is 2.41. The van der Waals surface area contributed by atoms with Crippen molar-refractivity contribution < 1.29 is 9.53 Å². The Labute approximate surface area is 191 Å². The van der Waals surface area contributed by atoms with Gasteiger partial charge in [-0.05, 0) is 19.4 Å². The van der Waals surface area contributed by atoms with Crippen molar-refractivity contribution in [2.45, 2.75) is 32.5 Å². The van der Waals surface area contributed by atoms with Crippen LogP contribution in [-0.2, 0) is 16.1 Å². The molecule has 2 N–H and O–H groups in total. The molecule has 8 heteroatoms. The van der Waals surface area contributed by atoms with Gasteiger partial charge in [-0.1, -0.05) is 30.3 Å². The molecule has 2 aliphatic heterocycles. The van der Waals surface area contributed by atoms with Gasteiger partial charge in [0.2, 0.25) is 5.91 Å². The van der Waals surface area contributed by atoms with Crippen LogP contribution in [0.2, 0.25) is 0 Å². The van der Waals surface area contributed by atoms with Crippen molar-refractivity contribution >= 4 is 35.8 Å². The summed E-state index contributed by atoms with van der Waals surface area (Å²) in [7, 11) is 3.46. The SMILES string of the molecule is CN=C(NCC(C)(C)C(=O)NC)N1CC2OCCN(Cc3ccccc3)C2C1.I. The zero-order valence-electron chi connectivity index (χ0n) is 17.9. The maximum absolute atomic E-state index is 12.0. The normalized spacial score (nSPS) is 22.6. The summed E-state index contributed by atoms with van der Waals surface area (Å²) >= 11 is 0. The van der Waals surface area contributed by atoms with Crippen LogP contribution in [0.1, 0.15) is 19.4 Å². The first-order valence-corrected chi connectivity index (χ1v) is 10.0. The lowest BCUT2D eigenvalue weighted by molar-refractivity contribution is -0.128. The van der Waals surface area contributed by atoms with Crippen LogP contribution in [0, 0.1) is 5.41 Å². The summed E-state index contributed by atoms with van der Waals surface area (Å²) in [6.07, 6.45) is 0.183. The van der Waals surface area contributed by atoms with Crippen molar-refractivity contribution in [1.82, 2.24) is 20.4 Å². The Balaban J connectivity index is 0.00000300. The molecule has 29 heavy (non-hydrogen) atoms. The van der Waals surface area contributed by atoms with E-state index in [1.165, 1.54) is 5.56 Å². The van der Waals surface area contributed by atoms with Crippen molar-refractivity contribution in [2.75, 3.05) is 46.9 Å². The van der Waals surface area contributed by atoms with Crippen molar-refractivity contribution in [3.05, 3.63) is 35.9 Å². The molecule has 2 atom stereocenters. The lowest BCUT2D eigenvalue weighted by Crippen LogP contribution is -2.50.